The van der Waals surface area contributed by atoms with Gasteiger partial charge in [-0.25, -0.2) is 4.98 Å². The Morgan fingerprint density at radius 2 is 2.09 bits per heavy atom. The summed E-state index contributed by atoms with van der Waals surface area (Å²) < 4.78 is 10.4. The minimum atomic E-state index is -1.03. The van der Waals surface area contributed by atoms with E-state index in [0.717, 1.165) is 5.56 Å². The fourth-order valence-corrected chi connectivity index (χ4v) is 1.73. The van der Waals surface area contributed by atoms with Crippen LogP contribution in [-0.4, -0.2) is 28.9 Å². The first-order valence-corrected chi connectivity index (χ1v) is 6.84. The number of ether oxygens (including phenoxy) is 2. The van der Waals surface area contributed by atoms with E-state index in [1.165, 1.54) is 6.92 Å². The van der Waals surface area contributed by atoms with Gasteiger partial charge in [-0.3, -0.25) is 4.79 Å². The Morgan fingerprint density at radius 3 is 2.82 bits per heavy atom. The predicted octanol–water partition coefficient (Wildman–Crippen LogP) is 1.95. The second kappa shape index (κ2) is 7.99. The van der Waals surface area contributed by atoms with Crippen LogP contribution in [0.4, 0.5) is 5.82 Å². The normalized spacial score (nSPS) is 11.5. The van der Waals surface area contributed by atoms with Crippen molar-refractivity contribution in [3.63, 3.8) is 0 Å². The Kier molecular flexibility index (Phi) is 5.73. The highest BCUT2D eigenvalue weighted by atomic mass is 16.5. The van der Waals surface area contributed by atoms with Crippen molar-refractivity contribution in [1.82, 2.24) is 4.98 Å². The van der Waals surface area contributed by atoms with E-state index in [0.29, 0.717) is 18.2 Å². The molecule has 1 heterocycles. The molecule has 1 atom stereocenters. The molecule has 22 heavy (non-hydrogen) atoms. The summed E-state index contributed by atoms with van der Waals surface area (Å²) in [7, 11) is 0. The smallest absolute Gasteiger partial charge is 0.302 e. The summed E-state index contributed by atoms with van der Waals surface area (Å²) in [6, 6.07) is 13.2. The first-order chi connectivity index (χ1) is 10.6. The van der Waals surface area contributed by atoms with Crippen molar-refractivity contribution in [2.75, 3.05) is 11.9 Å². The molecule has 1 aromatic carbocycles. The number of anilines is 1. The van der Waals surface area contributed by atoms with Gasteiger partial charge in [0.15, 0.2) is 6.23 Å². The third-order valence-corrected chi connectivity index (χ3v) is 2.74. The van der Waals surface area contributed by atoms with Crippen molar-refractivity contribution in [3.05, 3.63) is 54.2 Å². The lowest BCUT2D eigenvalue weighted by Gasteiger charge is -2.14. The second-order valence-corrected chi connectivity index (χ2v) is 4.61. The molecule has 0 aliphatic heterocycles. The number of hydrogen-bond acceptors (Lipinski definition) is 6. The molecule has 0 bridgehead atoms. The van der Waals surface area contributed by atoms with Crippen molar-refractivity contribution in [1.29, 1.82) is 0 Å². The maximum atomic E-state index is 10.7. The average Bonchev–Trinajstić information content (AvgIpc) is 2.52. The van der Waals surface area contributed by atoms with Gasteiger partial charge in [-0.05, 0) is 11.6 Å². The molecule has 2 aromatic rings. The fourth-order valence-electron chi connectivity index (χ4n) is 1.73. The van der Waals surface area contributed by atoms with Crippen LogP contribution in [0.2, 0.25) is 0 Å². The lowest BCUT2D eigenvalue weighted by atomic mass is 10.2. The van der Waals surface area contributed by atoms with Crippen LogP contribution in [0.1, 0.15) is 12.5 Å². The molecule has 0 saturated heterocycles. The minimum Gasteiger partial charge on any atom is -0.489 e. The number of benzene rings is 1. The summed E-state index contributed by atoms with van der Waals surface area (Å²) in [4.78, 5) is 14.7. The number of rotatable bonds is 7. The zero-order chi connectivity index (χ0) is 15.8. The topological polar surface area (TPSA) is 80.7 Å². The van der Waals surface area contributed by atoms with Gasteiger partial charge >= 0.3 is 5.97 Å². The molecular formula is C16H18N2O4. The van der Waals surface area contributed by atoms with Gasteiger partial charge < -0.3 is 19.9 Å². The Bertz CT molecular complexity index is 604. The fraction of sp³-hybridized carbons (Fsp3) is 0.250. The van der Waals surface area contributed by atoms with Crippen LogP contribution >= 0.6 is 0 Å². The Balaban J connectivity index is 1.88. The lowest BCUT2D eigenvalue weighted by Crippen LogP contribution is -2.26. The molecule has 0 amide bonds. The Labute approximate surface area is 128 Å². The van der Waals surface area contributed by atoms with Crippen LogP contribution in [-0.2, 0) is 16.1 Å². The van der Waals surface area contributed by atoms with Gasteiger partial charge in [-0.1, -0.05) is 30.3 Å². The van der Waals surface area contributed by atoms with Gasteiger partial charge in [0.05, 0.1) is 0 Å². The summed E-state index contributed by atoms with van der Waals surface area (Å²) in [6.45, 7) is 1.58. The van der Waals surface area contributed by atoms with Crippen molar-refractivity contribution in [2.45, 2.75) is 19.8 Å². The summed E-state index contributed by atoms with van der Waals surface area (Å²) in [6.07, 6.45) is 0.544. The van der Waals surface area contributed by atoms with E-state index in [1.54, 1.807) is 18.3 Å². The van der Waals surface area contributed by atoms with E-state index in [-0.39, 0.29) is 6.61 Å². The number of carbonyl (C=O) groups excluding carboxylic acids is 1. The summed E-state index contributed by atoms with van der Waals surface area (Å²) >= 11 is 0. The third kappa shape index (κ3) is 5.41. The van der Waals surface area contributed by atoms with Crippen LogP contribution in [0.25, 0.3) is 0 Å². The van der Waals surface area contributed by atoms with Crippen molar-refractivity contribution in [2.24, 2.45) is 0 Å². The molecule has 6 nitrogen and oxygen atoms in total. The Hall–Kier alpha value is -2.60. The van der Waals surface area contributed by atoms with E-state index in [2.05, 4.69) is 10.3 Å². The largest absolute Gasteiger partial charge is 0.489 e. The zero-order valence-electron chi connectivity index (χ0n) is 12.2. The Morgan fingerprint density at radius 1 is 1.32 bits per heavy atom. The molecule has 1 aromatic heterocycles. The molecule has 0 aliphatic rings. The predicted molar refractivity (Wildman–Crippen MR) is 81.3 cm³/mol. The number of aliphatic hydroxyl groups excluding tert-OH is 1. The van der Waals surface area contributed by atoms with Crippen molar-refractivity contribution < 1.29 is 19.4 Å². The molecule has 0 fully saturated rings. The molecule has 116 valence electrons. The number of nitrogens with one attached hydrogen (secondary N) is 1. The number of nitrogens with zero attached hydrogens (tertiary/aromatic N) is 1. The second-order valence-electron chi connectivity index (χ2n) is 4.61. The number of carbonyl (C=O) groups is 1. The van der Waals surface area contributed by atoms with Gasteiger partial charge in [-0.2, -0.15) is 0 Å². The highest BCUT2D eigenvalue weighted by Crippen LogP contribution is 2.16. The molecule has 0 radical (unpaired) electrons. The zero-order valence-corrected chi connectivity index (χ0v) is 12.2. The SMILES string of the molecule is CC(=O)OCC(O)Nc1cc(OCc2ccccc2)ccn1. The summed E-state index contributed by atoms with van der Waals surface area (Å²) in [5.41, 5.74) is 1.06. The van der Waals surface area contributed by atoms with Gasteiger partial charge in [0.1, 0.15) is 24.8 Å². The number of hydrogen-bond donors (Lipinski definition) is 2. The van der Waals surface area contributed by atoms with E-state index >= 15 is 0 Å². The number of esters is 1. The van der Waals surface area contributed by atoms with Crippen molar-refractivity contribution in [3.8, 4) is 5.75 Å². The van der Waals surface area contributed by atoms with Crippen LogP contribution in [0.15, 0.2) is 48.7 Å². The highest BCUT2D eigenvalue weighted by Gasteiger charge is 2.07. The van der Waals surface area contributed by atoms with Crippen LogP contribution in [0, 0.1) is 0 Å². The summed E-state index contributed by atoms with van der Waals surface area (Å²) in [5, 5.41) is 12.4. The maximum absolute atomic E-state index is 10.7. The van der Waals surface area contributed by atoms with E-state index in [4.69, 9.17) is 9.47 Å². The molecule has 2 N–H and O–H groups in total. The van der Waals surface area contributed by atoms with Gasteiger partial charge in [0.2, 0.25) is 0 Å². The standard InChI is InChI=1S/C16H18N2O4/c1-12(19)21-11-16(20)18-15-9-14(7-8-17-15)22-10-13-5-3-2-4-6-13/h2-9,16,20H,10-11H2,1H3,(H,17,18). The number of aromatic nitrogens is 1. The minimum absolute atomic E-state index is 0.147. The van der Waals surface area contributed by atoms with Crippen LogP contribution in [0.5, 0.6) is 5.75 Å². The van der Waals surface area contributed by atoms with E-state index < -0.39 is 12.2 Å². The van der Waals surface area contributed by atoms with Crippen molar-refractivity contribution >= 4 is 11.8 Å². The van der Waals surface area contributed by atoms with Crippen LogP contribution < -0.4 is 10.1 Å². The third-order valence-electron chi connectivity index (χ3n) is 2.74. The monoisotopic (exact) mass is 302 g/mol. The molecule has 0 spiro atoms. The lowest BCUT2D eigenvalue weighted by molar-refractivity contribution is -0.143. The molecule has 6 heteroatoms. The molecule has 2 rings (SSSR count). The molecule has 1 unspecified atom stereocenters. The first kappa shape index (κ1) is 15.8. The van der Waals surface area contributed by atoms with Gasteiger partial charge in [0, 0.05) is 19.2 Å². The maximum Gasteiger partial charge on any atom is 0.302 e. The van der Waals surface area contributed by atoms with E-state index in [9.17, 15) is 9.90 Å². The first-order valence-electron chi connectivity index (χ1n) is 6.84. The molecule has 0 saturated carbocycles. The average molecular weight is 302 g/mol. The van der Waals surface area contributed by atoms with Gasteiger partial charge in [0.25, 0.3) is 0 Å². The summed E-state index contributed by atoms with van der Waals surface area (Å²) in [5.74, 6) is 0.611. The van der Waals surface area contributed by atoms with Crippen LogP contribution in [0.3, 0.4) is 0 Å². The highest BCUT2D eigenvalue weighted by molar-refractivity contribution is 5.65. The molecular weight excluding hydrogens is 284 g/mol. The van der Waals surface area contributed by atoms with Gasteiger partial charge in [-0.15, -0.1) is 0 Å². The quantitative estimate of drug-likeness (QED) is 0.601. The van der Waals surface area contributed by atoms with E-state index in [1.807, 2.05) is 30.3 Å². The number of pyridine rings is 1. The molecule has 0 aliphatic carbocycles. The number of aliphatic hydroxyl groups is 1.